The van der Waals surface area contributed by atoms with Crippen LogP contribution in [0.15, 0.2) is 18.2 Å². The van der Waals surface area contributed by atoms with Crippen LogP contribution >= 0.6 is 0 Å². The number of carboxylic acids is 1. The first-order chi connectivity index (χ1) is 9.90. The zero-order chi connectivity index (χ0) is 15.6. The van der Waals surface area contributed by atoms with E-state index >= 15 is 0 Å². The molecule has 0 radical (unpaired) electrons. The van der Waals surface area contributed by atoms with Gasteiger partial charge in [0, 0.05) is 31.7 Å². The fourth-order valence-electron chi connectivity index (χ4n) is 2.28. The molecule has 21 heavy (non-hydrogen) atoms. The predicted octanol–water partition coefficient (Wildman–Crippen LogP) is 1.20. The smallest absolute Gasteiger partial charge is 0.320 e. The molecule has 1 saturated heterocycles. The van der Waals surface area contributed by atoms with Crippen molar-refractivity contribution in [1.29, 1.82) is 0 Å². The summed E-state index contributed by atoms with van der Waals surface area (Å²) in [5.41, 5.74) is 0.0913. The Morgan fingerprint density at radius 2 is 1.76 bits per heavy atom. The molecule has 1 aromatic carbocycles. The Kier molecular flexibility index (Phi) is 4.52. The molecule has 0 aromatic heterocycles. The molecule has 0 bridgehead atoms. The van der Waals surface area contributed by atoms with Gasteiger partial charge in [-0.15, -0.1) is 0 Å². The highest BCUT2D eigenvalue weighted by Crippen LogP contribution is 2.14. The topological polar surface area (TPSA) is 60.9 Å². The van der Waals surface area contributed by atoms with Crippen LogP contribution in [0.4, 0.5) is 8.78 Å². The Morgan fingerprint density at radius 3 is 2.29 bits per heavy atom. The first-order valence-corrected chi connectivity index (χ1v) is 6.61. The quantitative estimate of drug-likeness (QED) is 0.911. The minimum Gasteiger partial charge on any atom is -0.480 e. The summed E-state index contributed by atoms with van der Waals surface area (Å²) >= 11 is 0. The van der Waals surface area contributed by atoms with Crippen molar-refractivity contribution in [3.8, 4) is 0 Å². The maximum absolute atomic E-state index is 13.1. The minimum atomic E-state index is -1.06. The van der Waals surface area contributed by atoms with Crippen molar-refractivity contribution in [2.75, 3.05) is 26.2 Å². The molecule has 1 fully saturated rings. The molecular formula is C14H16F2N2O3. The molecule has 5 nitrogen and oxygen atoms in total. The van der Waals surface area contributed by atoms with Crippen molar-refractivity contribution in [2.45, 2.75) is 13.0 Å². The molecule has 114 valence electrons. The number of amides is 1. The van der Waals surface area contributed by atoms with Crippen LogP contribution in [-0.4, -0.2) is 59.0 Å². The van der Waals surface area contributed by atoms with Gasteiger partial charge in [0.1, 0.15) is 6.04 Å². The number of halogens is 2. The molecule has 2 rings (SSSR count). The molecule has 1 heterocycles. The fourth-order valence-corrected chi connectivity index (χ4v) is 2.28. The van der Waals surface area contributed by atoms with E-state index in [-0.39, 0.29) is 11.5 Å². The number of benzene rings is 1. The first kappa shape index (κ1) is 15.4. The summed E-state index contributed by atoms with van der Waals surface area (Å²) in [6.07, 6.45) is 0. The van der Waals surface area contributed by atoms with Gasteiger partial charge >= 0.3 is 5.97 Å². The Hall–Kier alpha value is -2.02. The van der Waals surface area contributed by atoms with Gasteiger partial charge in [-0.05, 0) is 25.1 Å². The average molecular weight is 298 g/mol. The van der Waals surface area contributed by atoms with Gasteiger partial charge < -0.3 is 10.0 Å². The van der Waals surface area contributed by atoms with Crippen LogP contribution in [0.1, 0.15) is 17.3 Å². The highest BCUT2D eigenvalue weighted by Gasteiger charge is 2.27. The number of hydrogen-bond donors (Lipinski definition) is 1. The molecule has 1 N–H and O–H groups in total. The molecular weight excluding hydrogens is 282 g/mol. The van der Waals surface area contributed by atoms with Crippen molar-refractivity contribution in [3.63, 3.8) is 0 Å². The third-order valence-corrected chi connectivity index (χ3v) is 3.67. The van der Waals surface area contributed by atoms with E-state index in [1.54, 1.807) is 11.8 Å². The molecule has 0 spiro atoms. The van der Waals surface area contributed by atoms with Crippen LogP contribution in [0, 0.1) is 11.6 Å². The number of rotatable bonds is 3. The van der Waals surface area contributed by atoms with Gasteiger partial charge in [0.2, 0.25) is 0 Å². The van der Waals surface area contributed by atoms with E-state index in [1.165, 1.54) is 11.0 Å². The summed E-state index contributed by atoms with van der Waals surface area (Å²) in [5, 5.41) is 8.94. The Bertz CT molecular complexity index is 557. The number of nitrogens with zero attached hydrogens (tertiary/aromatic N) is 2. The van der Waals surface area contributed by atoms with Crippen molar-refractivity contribution in [1.82, 2.24) is 9.80 Å². The van der Waals surface area contributed by atoms with E-state index in [9.17, 15) is 18.4 Å². The number of carbonyl (C=O) groups is 2. The van der Waals surface area contributed by atoms with E-state index in [0.29, 0.717) is 26.2 Å². The third-order valence-electron chi connectivity index (χ3n) is 3.67. The van der Waals surface area contributed by atoms with Crippen LogP contribution in [-0.2, 0) is 4.79 Å². The van der Waals surface area contributed by atoms with E-state index in [4.69, 9.17) is 5.11 Å². The summed E-state index contributed by atoms with van der Waals surface area (Å²) in [4.78, 5) is 26.4. The zero-order valence-electron chi connectivity index (χ0n) is 11.6. The second kappa shape index (κ2) is 6.17. The Balaban J connectivity index is 2.00. The molecule has 0 saturated carbocycles. The maximum Gasteiger partial charge on any atom is 0.320 e. The summed E-state index contributed by atoms with van der Waals surface area (Å²) in [7, 11) is 0. The van der Waals surface area contributed by atoms with Crippen molar-refractivity contribution in [2.24, 2.45) is 0 Å². The summed E-state index contributed by atoms with van der Waals surface area (Å²) in [5.74, 6) is -3.34. The fraction of sp³-hybridized carbons (Fsp3) is 0.429. The Morgan fingerprint density at radius 1 is 1.14 bits per heavy atom. The largest absolute Gasteiger partial charge is 0.480 e. The van der Waals surface area contributed by atoms with E-state index in [0.717, 1.165) is 12.1 Å². The van der Waals surface area contributed by atoms with Gasteiger partial charge in [0.25, 0.3) is 5.91 Å². The van der Waals surface area contributed by atoms with Crippen LogP contribution in [0.25, 0.3) is 0 Å². The van der Waals surface area contributed by atoms with E-state index < -0.39 is 23.6 Å². The highest BCUT2D eigenvalue weighted by molar-refractivity contribution is 5.94. The Labute approximate surface area is 120 Å². The van der Waals surface area contributed by atoms with Gasteiger partial charge in [-0.25, -0.2) is 8.78 Å². The number of hydrogen-bond acceptors (Lipinski definition) is 3. The number of carboxylic acid groups (broad SMARTS) is 1. The summed E-state index contributed by atoms with van der Waals surface area (Å²) in [6, 6.07) is 2.44. The SMILES string of the molecule is C[C@@H](C(=O)O)N1CCN(C(=O)c2ccc(F)c(F)c2)CC1. The van der Waals surface area contributed by atoms with Crippen LogP contribution in [0.2, 0.25) is 0 Å². The standard InChI is InChI=1S/C14H16F2N2O3/c1-9(14(20)21)17-4-6-18(7-5-17)13(19)10-2-3-11(15)12(16)8-10/h2-3,8-9H,4-7H2,1H3,(H,20,21)/t9-/m0/s1. The molecule has 0 unspecified atom stereocenters. The molecule has 1 aliphatic rings. The lowest BCUT2D eigenvalue weighted by atomic mass is 10.1. The monoisotopic (exact) mass is 298 g/mol. The molecule has 0 aliphatic carbocycles. The lowest BCUT2D eigenvalue weighted by molar-refractivity contribution is -0.143. The lowest BCUT2D eigenvalue weighted by Crippen LogP contribution is -2.53. The predicted molar refractivity (Wildman–Crippen MR) is 70.9 cm³/mol. The second-order valence-corrected chi connectivity index (χ2v) is 4.97. The summed E-state index contributed by atoms with van der Waals surface area (Å²) in [6.45, 7) is 3.17. The van der Waals surface area contributed by atoms with Gasteiger partial charge in [-0.3, -0.25) is 14.5 Å². The number of aliphatic carboxylic acids is 1. The average Bonchev–Trinajstić information content (AvgIpc) is 2.48. The van der Waals surface area contributed by atoms with E-state index in [1.807, 2.05) is 0 Å². The van der Waals surface area contributed by atoms with Crippen molar-refractivity contribution >= 4 is 11.9 Å². The maximum atomic E-state index is 13.1. The minimum absolute atomic E-state index is 0.0913. The van der Waals surface area contributed by atoms with Crippen LogP contribution in [0.5, 0.6) is 0 Å². The molecule has 7 heteroatoms. The summed E-state index contributed by atoms with van der Waals surface area (Å²) < 4.78 is 26.0. The van der Waals surface area contributed by atoms with Gasteiger partial charge in [-0.1, -0.05) is 0 Å². The number of carbonyl (C=O) groups excluding carboxylic acids is 1. The zero-order valence-corrected chi connectivity index (χ0v) is 11.6. The van der Waals surface area contributed by atoms with Crippen LogP contribution < -0.4 is 0 Å². The lowest BCUT2D eigenvalue weighted by Gasteiger charge is -2.36. The number of piperazine rings is 1. The molecule has 1 aliphatic heterocycles. The van der Waals surface area contributed by atoms with Crippen molar-refractivity contribution < 1.29 is 23.5 Å². The van der Waals surface area contributed by atoms with Gasteiger partial charge in [0.15, 0.2) is 11.6 Å². The molecule has 1 aromatic rings. The molecule has 1 amide bonds. The highest BCUT2D eigenvalue weighted by atomic mass is 19.2. The first-order valence-electron chi connectivity index (χ1n) is 6.61. The van der Waals surface area contributed by atoms with Crippen LogP contribution in [0.3, 0.4) is 0 Å². The van der Waals surface area contributed by atoms with E-state index in [2.05, 4.69) is 0 Å². The van der Waals surface area contributed by atoms with Gasteiger partial charge in [-0.2, -0.15) is 0 Å². The molecule has 1 atom stereocenters. The van der Waals surface area contributed by atoms with Gasteiger partial charge in [0.05, 0.1) is 0 Å². The second-order valence-electron chi connectivity index (χ2n) is 4.97. The van der Waals surface area contributed by atoms with Crippen molar-refractivity contribution in [3.05, 3.63) is 35.4 Å². The normalized spacial score (nSPS) is 17.6. The third kappa shape index (κ3) is 3.36.